The third-order valence-electron chi connectivity index (χ3n) is 23.1. The molecule has 0 aliphatic carbocycles. The standard InChI is InChI=1S/C107H97BN4/c1-15-80(104(3,4)5)52-50-71(2)109(84-57-53-81(54-58-84)105(6,7)8)85-45-31-44-77(64-85)78-51-60-93-97(65-78)111(102-87(73-36-23-17-24-37-73)46-32-47-88(102)74-38-25-18-26-39-74)99-66-79(72-34-21-16-22-35-72)67-100-101(99)108(93)94-61-59-86(110-95-62-55-82(106(9,10)11)68-91(95)92-69-83(107(12,13)14)56-63-96(92)110)70-98(94)112(100)103-89(75-40-27-19-28-41-75)48-33-49-90(103)76-42-29-20-30-43-76/h15-70H,1H2,2-14H3/b71-50+,80-52+. The van der Waals surface area contributed by atoms with Gasteiger partial charge in [-0.25, -0.2) is 0 Å². The van der Waals surface area contributed by atoms with E-state index in [1.165, 1.54) is 60.5 Å². The van der Waals surface area contributed by atoms with Crippen LogP contribution in [0, 0.1) is 5.41 Å². The van der Waals surface area contributed by atoms with E-state index >= 15 is 0 Å². The molecule has 0 spiro atoms. The van der Waals surface area contributed by atoms with E-state index in [2.05, 4.69) is 450 Å². The summed E-state index contributed by atoms with van der Waals surface area (Å²) in [5.41, 5.74) is 35.3. The lowest BCUT2D eigenvalue weighted by Crippen LogP contribution is -2.61. The van der Waals surface area contributed by atoms with Crippen LogP contribution in [-0.4, -0.2) is 11.3 Å². The largest absolute Gasteiger partial charge is 0.314 e. The maximum atomic E-state index is 4.27. The van der Waals surface area contributed by atoms with Gasteiger partial charge < -0.3 is 19.3 Å². The molecule has 0 amide bonds. The van der Waals surface area contributed by atoms with Gasteiger partial charge in [-0.3, -0.25) is 0 Å². The van der Waals surface area contributed by atoms with Crippen LogP contribution >= 0.6 is 0 Å². The summed E-state index contributed by atoms with van der Waals surface area (Å²) in [7, 11) is 0. The Hall–Kier alpha value is -12.4. The van der Waals surface area contributed by atoms with Crippen molar-refractivity contribution in [3.05, 3.63) is 374 Å². The fourth-order valence-corrected chi connectivity index (χ4v) is 17.2. The van der Waals surface area contributed by atoms with Crippen molar-refractivity contribution >= 4 is 90.4 Å². The van der Waals surface area contributed by atoms with Gasteiger partial charge in [0.15, 0.2) is 0 Å². The van der Waals surface area contributed by atoms with Crippen molar-refractivity contribution in [3.63, 3.8) is 0 Å². The van der Waals surface area contributed by atoms with E-state index in [-0.39, 0.29) is 28.4 Å². The van der Waals surface area contributed by atoms with Crippen LogP contribution < -0.4 is 31.1 Å². The Labute approximate surface area is 663 Å². The summed E-state index contributed by atoms with van der Waals surface area (Å²) >= 11 is 0. The van der Waals surface area contributed by atoms with Crippen molar-refractivity contribution in [1.29, 1.82) is 0 Å². The first-order valence-corrected chi connectivity index (χ1v) is 39.7. The maximum absolute atomic E-state index is 4.27. The van der Waals surface area contributed by atoms with Crippen molar-refractivity contribution in [2.24, 2.45) is 5.41 Å². The van der Waals surface area contributed by atoms with E-state index in [0.717, 1.165) is 124 Å². The first-order chi connectivity index (χ1) is 54.0. The number of allylic oxidation sites excluding steroid dienone is 5. The molecule has 14 aromatic carbocycles. The van der Waals surface area contributed by atoms with E-state index in [0.29, 0.717) is 0 Å². The van der Waals surface area contributed by atoms with Crippen LogP contribution in [0.4, 0.5) is 45.5 Å². The van der Waals surface area contributed by atoms with Crippen LogP contribution in [0.3, 0.4) is 0 Å². The molecule has 0 saturated heterocycles. The maximum Gasteiger partial charge on any atom is 0.252 e. The predicted molar refractivity (Wildman–Crippen MR) is 484 cm³/mol. The molecular formula is C107H97BN4. The SMILES string of the molecule is C=C/C(=C\C=C(/C)N(c1ccc(C(C)(C)C)cc1)c1cccc(-c2ccc3c(c2)N(c2c(-c4ccccc4)cccc2-c2ccccc2)c2cc(-c4ccccc4)cc4c2B3c2ccc(-n3c5ccc(C(C)(C)C)cc5c5cc(C(C)(C)C)ccc53)cc2N4c2c(-c3ccccc3)cccc2-c2ccccc2)c1)C(C)(C)C. The number of hydrogen-bond donors (Lipinski definition) is 0. The summed E-state index contributed by atoms with van der Waals surface area (Å²) in [6, 6.07) is 122. The smallest absolute Gasteiger partial charge is 0.252 e. The average molecular weight is 1450 g/mol. The number of para-hydroxylation sites is 2. The van der Waals surface area contributed by atoms with Gasteiger partial charge in [0.2, 0.25) is 0 Å². The Morgan fingerprint density at radius 2 is 0.723 bits per heavy atom. The molecule has 0 saturated carbocycles. The monoisotopic (exact) mass is 1450 g/mol. The highest BCUT2D eigenvalue weighted by molar-refractivity contribution is 7.00. The summed E-state index contributed by atoms with van der Waals surface area (Å²) < 4.78 is 2.55. The van der Waals surface area contributed by atoms with Gasteiger partial charge >= 0.3 is 0 Å². The molecule has 0 N–H and O–H groups in total. The quantitative estimate of drug-likeness (QED) is 0.0797. The van der Waals surface area contributed by atoms with Crippen LogP contribution in [0.5, 0.6) is 0 Å². The number of benzene rings is 14. The molecule has 0 radical (unpaired) electrons. The zero-order chi connectivity index (χ0) is 77.5. The van der Waals surface area contributed by atoms with Crippen molar-refractivity contribution < 1.29 is 0 Å². The highest BCUT2D eigenvalue weighted by Gasteiger charge is 2.46. The van der Waals surface area contributed by atoms with Crippen molar-refractivity contribution in [2.75, 3.05) is 14.7 Å². The Balaban J connectivity index is 0.996. The lowest BCUT2D eigenvalue weighted by Gasteiger charge is -2.46. The molecule has 5 heteroatoms. The summed E-state index contributed by atoms with van der Waals surface area (Å²) in [5, 5.41) is 2.51. The van der Waals surface area contributed by atoms with Crippen molar-refractivity contribution in [1.82, 2.24) is 4.57 Å². The van der Waals surface area contributed by atoms with Crippen molar-refractivity contribution in [3.8, 4) is 72.4 Å². The summed E-state index contributed by atoms with van der Waals surface area (Å²) in [5.74, 6) is 0. The normalized spacial score (nSPS) is 13.1. The summed E-state index contributed by atoms with van der Waals surface area (Å²) in [6.45, 7) is 33.8. The van der Waals surface area contributed by atoms with Gasteiger partial charge in [-0.2, -0.15) is 0 Å². The highest BCUT2D eigenvalue weighted by atomic mass is 15.2. The van der Waals surface area contributed by atoms with Crippen LogP contribution in [0.25, 0.3) is 94.3 Å². The number of anilines is 8. The number of rotatable bonds is 14. The minimum atomic E-state index is -0.266. The fraction of sp³-hybridized carbons (Fsp3) is 0.159. The Morgan fingerprint density at radius 3 is 1.16 bits per heavy atom. The van der Waals surface area contributed by atoms with Crippen LogP contribution in [0.1, 0.15) is 107 Å². The first kappa shape index (κ1) is 72.4. The molecule has 4 nitrogen and oxygen atoms in total. The van der Waals surface area contributed by atoms with E-state index in [9.17, 15) is 0 Å². The molecule has 0 unspecified atom stereocenters. The zero-order valence-corrected chi connectivity index (χ0v) is 66.9. The molecule has 15 aromatic rings. The second-order valence-electron chi connectivity index (χ2n) is 34.6. The van der Waals surface area contributed by atoms with Crippen molar-refractivity contribution in [2.45, 2.75) is 106 Å². The predicted octanol–water partition coefficient (Wildman–Crippen LogP) is 28.0. The van der Waals surface area contributed by atoms with Gasteiger partial charge in [-0.05, 0) is 197 Å². The Kier molecular flexibility index (Phi) is 18.4. The second-order valence-corrected chi connectivity index (χ2v) is 34.6. The summed E-state index contributed by atoms with van der Waals surface area (Å²) in [4.78, 5) is 7.78. The molecule has 548 valence electrons. The van der Waals surface area contributed by atoms with Gasteiger partial charge in [0.05, 0.1) is 22.4 Å². The van der Waals surface area contributed by atoms with E-state index < -0.39 is 0 Å². The average Bonchev–Trinajstić information content (AvgIpc) is 0.777. The van der Waals surface area contributed by atoms with Crippen LogP contribution in [0.2, 0.25) is 0 Å². The zero-order valence-electron chi connectivity index (χ0n) is 66.9. The van der Waals surface area contributed by atoms with E-state index in [1.807, 2.05) is 6.08 Å². The fourth-order valence-electron chi connectivity index (χ4n) is 17.2. The van der Waals surface area contributed by atoms with Gasteiger partial charge in [0, 0.05) is 78.5 Å². The molecule has 17 rings (SSSR count). The van der Waals surface area contributed by atoms with E-state index in [1.54, 1.807) is 0 Å². The molecule has 3 heterocycles. The minimum absolute atomic E-state index is 0.0132. The van der Waals surface area contributed by atoms with Crippen LogP contribution in [0.15, 0.2) is 358 Å². The van der Waals surface area contributed by atoms with Gasteiger partial charge in [-0.15, -0.1) is 0 Å². The van der Waals surface area contributed by atoms with Gasteiger partial charge in [0.1, 0.15) is 0 Å². The lowest BCUT2D eigenvalue weighted by molar-refractivity contribution is 0.517. The Bertz CT molecular complexity index is 5990. The highest BCUT2D eigenvalue weighted by Crippen LogP contribution is 2.55. The van der Waals surface area contributed by atoms with Gasteiger partial charge in [-0.1, -0.05) is 344 Å². The minimum Gasteiger partial charge on any atom is -0.314 e. The number of aromatic nitrogens is 1. The number of hydrogen-bond acceptors (Lipinski definition) is 3. The topological polar surface area (TPSA) is 14.7 Å². The lowest BCUT2D eigenvalue weighted by atomic mass is 9.33. The van der Waals surface area contributed by atoms with E-state index in [4.69, 9.17) is 0 Å². The van der Waals surface area contributed by atoms with Gasteiger partial charge in [0.25, 0.3) is 6.71 Å². The second kappa shape index (κ2) is 28.5. The molecule has 2 aliphatic rings. The third kappa shape index (κ3) is 13.2. The molecule has 0 bridgehead atoms. The molecule has 2 aliphatic heterocycles. The Morgan fingerprint density at radius 1 is 0.330 bits per heavy atom. The molecule has 0 fully saturated rings. The molecule has 1 aromatic heterocycles. The molecule has 112 heavy (non-hydrogen) atoms. The third-order valence-corrected chi connectivity index (χ3v) is 23.1. The number of fused-ring (bicyclic) bond motifs is 7. The molecular weight excluding hydrogens is 1350 g/mol. The first-order valence-electron chi connectivity index (χ1n) is 39.7. The molecule has 0 atom stereocenters. The number of nitrogens with zero attached hydrogens (tertiary/aromatic N) is 4. The summed E-state index contributed by atoms with van der Waals surface area (Å²) in [6.07, 6.45) is 6.50. The van der Waals surface area contributed by atoms with Crippen LogP contribution in [-0.2, 0) is 16.2 Å².